The first kappa shape index (κ1) is 45.4. The molecule has 0 unspecified atom stereocenters. The number of hydrogen-bond acceptors (Lipinski definition) is 9. The van der Waals surface area contributed by atoms with Gasteiger partial charge < -0.3 is 24.8 Å². The number of carbonyl (C=O) groups is 3. The molecule has 0 spiro atoms. The van der Waals surface area contributed by atoms with Gasteiger partial charge in [-0.2, -0.15) is 5.10 Å². The smallest absolute Gasteiger partial charge is 0.416 e. The van der Waals surface area contributed by atoms with Gasteiger partial charge in [-0.3, -0.25) is 28.4 Å². The second kappa shape index (κ2) is 21.3. The summed E-state index contributed by atoms with van der Waals surface area (Å²) in [5.41, 5.74) is 2.09. The number of aryl methyl sites for hydroxylation is 1. The van der Waals surface area contributed by atoms with Gasteiger partial charge in [0.25, 0.3) is 11.4 Å². The van der Waals surface area contributed by atoms with Gasteiger partial charge in [0.2, 0.25) is 21.8 Å². The largest absolute Gasteiger partial charge is 0.503 e. The molecule has 0 aliphatic rings. The van der Waals surface area contributed by atoms with E-state index in [0.29, 0.717) is 34.8 Å². The fraction of sp³-hybridized carbons (Fsp3) is 0.487. The third-order valence-corrected chi connectivity index (χ3v) is 9.44. The number of anilines is 2. The van der Waals surface area contributed by atoms with Crippen molar-refractivity contribution in [3.63, 3.8) is 0 Å². The molecule has 18 heteroatoms. The van der Waals surface area contributed by atoms with Crippen LogP contribution in [-0.4, -0.2) is 75.9 Å². The molecule has 308 valence electrons. The van der Waals surface area contributed by atoms with Crippen molar-refractivity contribution in [3.05, 3.63) is 52.8 Å². The van der Waals surface area contributed by atoms with Crippen LogP contribution in [0.3, 0.4) is 0 Å². The molecule has 0 radical (unpaired) electrons. The number of aromatic nitrogens is 4. The highest BCUT2D eigenvalue weighted by atomic mass is 32.2. The lowest BCUT2D eigenvalue weighted by Crippen LogP contribution is -2.26. The molecule has 17 nitrogen and oxygen atoms in total. The summed E-state index contributed by atoms with van der Waals surface area (Å²) < 4.78 is 39.3. The van der Waals surface area contributed by atoms with Crippen LogP contribution in [-0.2, 0) is 26.7 Å². The van der Waals surface area contributed by atoms with E-state index in [1.165, 1.54) is 71.0 Å². The summed E-state index contributed by atoms with van der Waals surface area (Å²) in [6.45, 7) is 20.3. The number of hydrogen-bond donors (Lipinski definition) is 4. The average molecular weight is 808 g/mol. The lowest BCUT2D eigenvalue weighted by Gasteiger charge is -2.13. The predicted molar refractivity (Wildman–Crippen MR) is 219 cm³/mol. The van der Waals surface area contributed by atoms with Crippen molar-refractivity contribution >= 4 is 56.4 Å². The van der Waals surface area contributed by atoms with Gasteiger partial charge in [-0.1, -0.05) is 83.8 Å². The van der Waals surface area contributed by atoms with Gasteiger partial charge >= 0.3 is 12.1 Å². The maximum Gasteiger partial charge on any atom is 0.416 e. The minimum atomic E-state index is -3.44. The van der Waals surface area contributed by atoms with E-state index in [2.05, 4.69) is 36.9 Å². The minimum absolute atomic E-state index is 0.0120. The van der Waals surface area contributed by atoms with Gasteiger partial charge in [0.05, 0.1) is 19.4 Å². The number of H-pyrrole nitrogens is 1. The Labute approximate surface area is 334 Å². The Bertz CT molecular complexity index is 2220. The zero-order valence-electron chi connectivity index (χ0n) is 33.7. The maximum atomic E-state index is 12.6. The van der Waals surface area contributed by atoms with Crippen LogP contribution in [0.1, 0.15) is 96.6 Å². The van der Waals surface area contributed by atoms with E-state index in [4.69, 9.17) is 22.6 Å². The molecule has 0 fully saturated rings. The second-order valence-electron chi connectivity index (χ2n) is 13.7. The number of fused-ring (bicyclic) bond motifs is 1. The van der Waals surface area contributed by atoms with Crippen LogP contribution in [0.4, 0.5) is 27.5 Å². The Balaban J connectivity index is 0.000000367. The third kappa shape index (κ3) is 12.5. The van der Waals surface area contributed by atoms with Crippen molar-refractivity contribution < 1.29 is 37.4 Å². The topological polar surface area (TPSA) is 198 Å². The third-order valence-electron chi connectivity index (χ3n) is 8.83. The number of nitrogens with zero attached hydrogens (tertiary/aromatic N) is 6. The summed E-state index contributed by atoms with van der Waals surface area (Å²) in [5.74, 6) is -0.544. The molecule has 0 saturated carbocycles. The number of rotatable bonds is 18. The lowest BCUT2D eigenvalue weighted by molar-refractivity contribution is -0.134. The van der Waals surface area contributed by atoms with Crippen LogP contribution in [0.2, 0.25) is 0 Å². The van der Waals surface area contributed by atoms with E-state index < -0.39 is 16.1 Å². The van der Waals surface area contributed by atoms with Crippen molar-refractivity contribution in [2.75, 3.05) is 30.4 Å². The van der Waals surface area contributed by atoms with Gasteiger partial charge in [-0.15, -0.1) is 0 Å². The first-order valence-electron chi connectivity index (χ1n) is 18.8. The fourth-order valence-electron chi connectivity index (χ4n) is 5.83. The van der Waals surface area contributed by atoms with E-state index in [9.17, 15) is 27.9 Å². The van der Waals surface area contributed by atoms with E-state index in [-0.39, 0.29) is 52.9 Å². The zero-order valence-corrected chi connectivity index (χ0v) is 34.5. The predicted octanol–water partition coefficient (Wildman–Crippen LogP) is 8.47. The maximum absolute atomic E-state index is 12.6. The summed E-state index contributed by atoms with van der Waals surface area (Å²) >= 11 is 0. The fourth-order valence-corrected chi connectivity index (χ4v) is 6.38. The van der Waals surface area contributed by atoms with E-state index in [0.717, 1.165) is 30.1 Å². The van der Waals surface area contributed by atoms with Crippen LogP contribution < -0.4 is 19.5 Å². The van der Waals surface area contributed by atoms with Crippen LogP contribution in [0, 0.1) is 20.1 Å². The van der Waals surface area contributed by atoms with Crippen molar-refractivity contribution in [2.24, 2.45) is 7.05 Å². The van der Waals surface area contributed by atoms with E-state index in [1.807, 2.05) is 0 Å². The summed E-state index contributed by atoms with van der Waals surface area (Å²) in [6.07, 6.45) is 12.7. The van der Waals surface area contributed by atoms with Crippen LogP contribution in [0.25, 0.3) is 26.7 Å². The van der Waals surface area contributed by atoms with Crippen molar-refractivity contribution in [3.8, 4) is 28.9 Å². The highest BCUT2D eigenvalue weighted by molar-refractivity contribution is 7.92. The van der Waals surface area contributed by atoms with Crippen LogP contribution in [0.15, 0.2) is 24.3 Å². The van der Waals surface area contributed by atoms with Crippen LogP contribution >= 0.6 is 0 Å². The molecular formula is C39H53N9O8S. The molecule has 0 aliphatic carbocycles. The monoisotopic (exact) mass is 807 g/mol. The molecular weight excluding hydrogens is 755 g/mol. The summed E-state index contributed by atoms with van der Waals surface area (Å²) in [4.78, 5) is 43.6. The highest BCUT2D eigenvalue weighted by Crippen LogP contribution is 2.45. The zero-order chi connectivity index (χ0) is 42.3. The van der Waals surface area contributed by atoms with Gasteiger partial charge in [0, 0.05) is 50.9 Å². The Morgan fingerprint density at radius 1 is 0.965 bits per heavy atom. The molecule has 0 atom stereocenters. The molecule has 57 heavy (non-hydrogen) atoms. The molecule has 0 bridgehead atoms. The van der Waals surface area contributed by atoms with Crippen molar-refractivity contribution in [2.45, 2.75) is 97.8 Å². The number of aromatic hydroxyl groups is 1. The van der Waals surface area contributed by atoms with Gasteiger partial charge in [0.15, 0.2) is 23.1 Å². The Hall–Kier alpha value is -6.01. The Morgan fingerprint density at radius 3 is 2.14 bits per heavy atom. The Morgan fingerprint density at radius 2 is 1.58 bits per heavy atom. The standard InChI is InChI=1S/C27H37N5O4S.C12H16N4O4/c1-5-6-7-8-9-10-11-12-13-14-18-23(33)36-25-24(28-3)20(2)32-26(29-30-27(25)32)21-16-15-17-22(19-21)31-37(4,34)35;1-6-7(17)14-9-8(13-2)10(18)16(5)11(9)20-12(19)15(3)4/h15-17,19,30-31H,5-14,18H2,1-2,4H3;18H,6H2,1,3-5H3,(H,14,17). The Kier molecular flexibility index (Phi) is 17.0. The number of unbranched alkanes of at least 4 members (excludes halogenated alkanes) is 9. The molecule has 1 aromatic carbocycles. The molecule has 3 heterocycles. The average Bonchev–Trinajstić information content (AvgIpc) is 3.78. The number of benzene rings is 1. The first-order chi connectivity index (χ1) is 27.1. The number of aromatic amines is 1. The normalized spacial score (nSPS) is 10.9. The lowest BCUT2D eigenvalue weighted by atomic mass is 10.1. The molecule has 2 amide bonds. The second-order valence-corrected chi connectivity index (χ2v) is 15.4. The van der Waals surface area contributed by atoms with Crippen molar-refractivity contribution in [1.29, 1.82) is 0 Å². The SMILES string of the molecule is [C-]#[N+]c1c(NC(=O)CC)c(OC(=O)N(C)C)n(C)c1O.[C-]#[N+]c1c(OC(=O)CCCCCCCCCCCC)c2[nH]nc(-c3cccc(NS(C)(=O)=O)c3)n2c1C. The molecule has 3 aromatic heterocycles. The number of esters is 1. The quantitative estimate of drug-likeness (QED) is 0.0433. The molecule has 4 N–H and O–H groups in total. The number of sulfonamides is 1. The summed E-state index contributed by atoms with van der Waals surface area (Å²) in [7, 11) is 0.968. The van der Waals surface area contributed by atoms with Crippen molar-refractivity contribution in [1.82, 2.24) is 24.1 Å². The summed E-state index contributed by atoms with van der Waals surface area (Å²) in [5, 5.41) is 19.5. The number of amides is 2. The number of ether oxygens (including phenoxy) is 2. The van der Waals surface area contributed by atoms with Gasteiger partial charge in [-0.25, -0.2) is 22.9 Å². The van der Waals surface area contributed by atoms with Gasteiger partial charge in [0.1, 0.15) is 5.69 Å². The van der Waals surface area contributed by atoms with E-state index in [1.54, 1.807) is 42.5 Å². The number of carbonyl (C=O) groups excluding carboxylic acids is 3. The summed E-state index contributed by atoms with van der Waals surface area (Å²) in [6, 6.07) is 6.80. The number of nitrogens with one attached hydrogen (secondary N) is 3. The van der Waals surface area contributed by atoms with E-state index >= 15 is 0 Å². The highest BCUT2D eigenvalue weighted by Gasteiger charge is 2.27. The molecule has 0 aliphatic heterocycles. The molecule has 0 saturated heterocycles. The minimum Gasteiger partial charge on any atom is -0.503 e. The van der Waals surface area contributed by atoms with Crippen LogP contribution in [0.5, 0.6) is 17.5 Å². The molecule has 4 rings (SSSR count). The molecule has 4 aromatic rings. The first-order valence-corrected chi connectivity index (χ1v) is 20.7. The van der Waals surface area contributed by atoms with Gasteiger partial charge in [-0.05, 0) is 25.5 Å².